The molecule has 2 saturated carbocycles. The number of carbonyl (C=O) groups excluding carboxylic acids is 1. The number of carbonyl (C=O) groups is 1. The molecule has 148 valence electrons. The van der Waals surface area contributed by atoms with Crippen molar-refractivity contribution in [3.05, 3.63) is 29.3 Å². The van der Waals surface area contributed by atoms with Crippen LogP contribution in [0.25, 0.3) is 0 Å². The summed E-state index contributed by atoms with van der Waals surface area (Å²) in [5.74, 6) is 2.19. The lowest BCUT2D eigenvalue weighted by atomic mass is 9.49. The van der Waals surface area contributed by atoms with Crippen molar-refractivity contribution in [1.29, 1.82) is 0 Å². The molecule has 1 aliphatic heterocycles. The molecule has 3 fully saturated rings. The summed E-state index contributed by atoms with van der Waals surface area (Å²) in [4.78, 5) is 15.3. The average Bonchev–Trinajstić information content (AvgIpc) is 3.47. The van der Waals surface area contributed by atoms with Crippen LogP contribution in [0.15, 0.2) is 18.2 Å². The molecule has 3 aliphatic carbocycles. The number of halogens is 1. The number of likely N-dealkylation sites (tertiary alicyclic amines) is 1. The van der Waals surface area contributed by atoms with Crippen molar-refractivity contribution in [2.24, 2.45) is 5.92 Å². The topological polar surface area (TPSA) is 38.8 Å². The smallest absolute Gasteiger partial charge is 0.134 e. The van der Waals surface area contributed by atoms with Gasteiger partial charge in [0.15, 0.2) is 0 Å². The van der Waals surface area contributed by atoms with Crippen LogP contribution in [-0.2, 0) is 21.4 Å². The first-order valence-corrected chi connectivity index (χ1v) is 10.1. The van der Waals surface area contributed by atoms with Gasteiger partial charge in [-0.25, -0.2) is 0 Å². The maximum absolute atomic E-state index is 12.6. The summed E-state index contributed by atoms with van der Waals surface area (Å²) in [6, 6.07) is 6.77. The maximum Gasteiger partial charge on any atom is 0.134 e. The molecule has 0 radical (unpaired) electrons. The van der Waals surface area contributed by atoms with Gasteiger partial charge in [-0.3, -0.25) is 9.69 Å². The number of Topliss-reactive ketones (excluding diaryl/α,β-unsaturated/α-hetero) is 1. The largest absolute Gasteiger partial charge is 0.496 e. The molecule has 0 unspecified atom stereocenters. The highest BCUT2D eigenvalue weighted by Gasteiger charge is 2.66. The van der Waals surface area contributed by atoms with Gasteiger partial charge in [-0.05, 0) is 56.2 Å². The minimum absolute atomic E-state index is 0. The molecule has 0 spiro atoms. The van der Waals surface area contributed by atoms with Crippen molar-refractivity contribution in [3.8, 4) is 5.75 Å². The number of fused-ring (bicyclic) bond motifs is 1. The Morgan fingerprint density at radius 3 is 2.74 bits per heavy atom. The van der Waals surface area contributed by atoms with E-state index >= 15 is 0 Å². The van der Waals surface area contributed by atoms with Gasteiger partial charge >= 0.3 is 0 Å². The number of ether oxygens (including phenoxy) is 2. The molecule has 1 heterocycles. The fourth-order valence-electron chi connectivity index (χ4n) is 6.38. The van der Waals surface area contributed by atoms with E-state index in [1.165, 1.54) is 30.5 Å². The van der Waals surface area contributed by atoms with E-state index in [1.807, 2.05) is 7.11 Å². The van der Waals surface area contributed by atoms with Crippen LogP contribution in [0.5, 0.6) is 5.75 Å². The number of piperidine rings is 1. The molecular formula is C22H30BrNO3. The lowest BCUT2D eigenvalue weighted by molar-refractivity contribution is -0.188. The van der Waals surface area contributed by atoms with E-state index in [4.69, 9.17) is 9.47 Å². The van der Waals surface area contributed by atoms with Crippen LogP contribution in [0.1, 0.15) is 49.7 Å². The maximum atomic E-state index is 12.6. The van der Waals surface area contributed by atoms with E-state index in [0.29, 0.717) is 24.7 Å². The van der Waals surface area contributed by atoms with Crippen molar-refractivity contribution in [3.63, 3.8) is 0 Å². The van der Waals surface area contributed by atoms with E-state index in [-0.39, 0.29) is 28.0 Å². The molecule has 2 bridgehead atoms. The summed E-state index contributed by atoms with van der Waals surface area (Å²) >= 11 is 0. The van der Waals surface area contributed by atoms with Crippen molar-refractivity contribution < 1.29 is 14.3 Å². The molecule has 0 aromatic heterocycles. The minimum atomic E-state index is -0.268. The fraction of sp³-hybridized carbons (Fsp3) is 0.682. The zero-order valence-corrected chi connectivity index (χ0v) is 18.0. The second kappa shape index (κ2) is 6.85. The molecule has 1 saturated heterocycles. The predicted octanol–water partition coefficient (Wildman–Crippen LogP) is 3.69. The molecule has 0 amide bonds. The third-order valence-electron chi connectivity index (χ3n) is 7.67. The predicted molar refractivity (Wildman–Crippen MR) is 110 cm³/mol. The van der Waals surface area contributed by atoms with Gasteiger partial charge in [-0.1, -0.05) is 12.1 Å². The van der Waals surface area contributed by atoms with E-state index in [9.17, 15) is 4.79 Å². The quantitative estimate of drug-likeness (QED) is 0.722. The van der Waals surface area contributed by atoms with Gasteiger partial charge < -0.3 is 9.47 Å². The molecule has 1 aromatic carbocycles. The van der Waals surface area contributed by atoms with Crippen LogP contribution in [0.4, 0.5) is 0 Å². The van der Waals surface area contributed by atoms with E-state index in [0.717, 1.165) is 37.5 Å². The first-order chi connectivity index (χ1) is 12.6. The molecule has 0 N–H and O–H groups in total. The second-order valence-corrected chi connectivity index (χ2v) is 8.79. The highest BCUT2D eigenvalue weighted by atomic mass is 79.9. The first kappa shape index (κ1) is 19.4. The summed E-state index contributed by atoms with van der Waals surface area (Å²) in [7, 11) is 3.62. The number of hydrogen-bond acceptors (Lipinski definition) is 4. The Bertz CT molecular complexity index is 749. The Morgan fingerprint density at radius 1 is 1.22 bits per heavy atom. The Morgan fingerprint density at radius 2 is 2.04 bits per heavy atom. The summed E-state index contributed by atoms with van der Waals surface area (Å²) in [5, 5.41) is 0. The van der Waals surface area contributed by atoms with Gasteiger partial charge in [0.2, 0.25) is 0 Å². The van der Waals surface area contributed by atoms with Crippen molar-refractivity contribution in [2.75, 3.05) is 27.3 Å². The van der Waals surface area contributed by atoms with Gasteiger partial charge in [0.1, 0.15) is 11.5 Å². The van der Waals surface area contributed by atoms with Crippen LogP contribution in [-0.4, -0.2) is 49.6 Å². The Kier molecular flexibility index (Phi) is 4.93. The summed E-state index contributed by atoms with van der Waals surface area (Å²) in [6.07, 6.45) is 6.82. The number of rotatable bonds is 4. The highest BCUT2D eigenvalue weighted by molar-refractivity contribution is 8.93. The van der Waals surface area contributed by atoms with Gasteiger partial charge in [0.25, 0.3) is 0 Å². The highest BCUT2D eigenvalue weighted by Crippen LogP contribution is 2.61. The normalized spacial score (nSPS) is 35.0. The van der Waals surface area contributed by atoms with Gasteiger partial charge in [0, 0.05) is 43.5 Å². The number of benzene rings is 1. The monoisotopic (exact) mass is 435 g/mol. The standard InChI is InChI=1S/C22H29NO3.BrH/c1-25-18-5-3-4-16-12-19-22(26-2)9-8-17(24)13-21(22,20(16)18)10-11-23(19)14-15-6-7-15;/h3-5,15,19H,6-14H2,1-2H3;1H/t19-,21+,22+;/m0./s1. The number of methoxy groups -OCH3 is 2. The minimum Gasteiger partial charge on any atom is -0.496 e. The molecule has 27 heavy (non-hydrogen) atoms. The SMILES string of the molecule is Br.COc1cccc2c1[C@]13CCN(CC4CC4)[C@@H](C2)[C@]1(OC)CCC(=O)C3. The molecule has 1 aromatic rings. The van der Waals surface area contributed by atoms with Crippen LogP contribution in [0, 0.1) is 5.92 Å². The lowest BCUT2D eigenvalue weighted by Crippen LogP contribution is -2.74. The van der Waals surface area contributed by atoms with E-state index < -0.39 is 0 Å². The molecule has 4 nitrogen and oxygen atoms in total. The van der Waals surface area contributed by atoms with Crippen molar-refractivity contribution in [2.45, 2.75) is 62.0 Å². The molecule has 4 aliphatic rings. The van der Waals surface area contributed by atoms with Gasteiger partial charge in [-0.2, -0.15) is 0 Å². The Hall–Kier alpha value is -0.910. The zero-order chi connectivity index (χ0) is 17.9. The third-order valence-corrected chi connectivity index (χ3v) is 7.67. The lowest BCUT2D eigenvalue weighted by Gasteiger charge is -2.65. The Balaban J connectivity index is 0.00000180. The second-order valence-electron chi connectivity index (χ2n) is 8.79. The van der Waals surface area contributed by atoms with Crippen molar-refractivity contribution in [1.82, 2.24) is 4.90 Å². The van der Waals surface area contributed by atoms with Crippen LogP contribution < -0.4 is 4.74 Å². The Labute approximate surface area is 172 Å². The van der Waals surface area contributed by atoms with Crippen molar-refractivity contribution >= 4 is 22.8 Å². The summed E-state index contributed by atoms with van der Waals surface area (Å²) in [6.45, 7) is 2.26. The summed E-state index contributed by atoms with van der Waals surface area (Å²) in [5.41, 5.74) is 2.12. The van der Waals surface area contributed by atoms with E-state index in [2.05, 4.69) is 23.1 Å². The van der Waals surface area contributed by atoms with Crippen LogP contribution in [0.2, 0.25) is 0 Å². The number of hydrogen-bond donors (Lipinski definition) is 0. The van der Waals surface area contributed by atoms with Crippen LogP contribution >= 0.6 is 17.0 Å². The molecule has 5 rings (SSSR count). The average molecular weight is 436 g/mol. The van der Waals surface area contributed by atoms with Gasteiger partial charge in [0.05, 0.1) is 12.7 Å². The van der Waals surface area contributed by atoms with Crippen LogP contribution in [0.3, 0.4) is 0 Å². The first-order valence-electron chi connectivity index (χ1n) is 10.1. The zero-order valence-electron chi connectivity index (χ0n) is 16.3. The molecule has 5 heteroatoms. The fourth-order valence-corrected chi connectivity index (χ4v) is 6.38. The number of nitrogens with zero attached hydrogens (tertiary/aromatic N) is 1. The number of ketones is 1. The van der Waals surface area contributed by atoms with E-state index in [1.54, 1.807) is 7.11 Å². The third kappa shape index (κ3) is 2.65. The molecular weight excluding hydrogens is 406 g/mol. The van der Waals surface area contributed by atoms with Gasteiger partial charge in [-0.15, -0.1) is 17.0 Å². The molecule has 3 atom stereocenters. The summed E-state index contributed by atoms with van der Waals surface area (Å²) < 4.78 is 12.2.